The topological polar surface area (TPSA) is 22.0 Å². The van der Waals surface area contributed by atoms with Crippen molar-refractivity contribution in [3.05, 3.63) is 125 Å². The van der Waals surface area contributed by atoms with E-state index in [0.717, 1.165) is 10.2 Å². The lowest BCUT2D eigenvalue weighted by Crippen LogP contribution is -2.35. The maximum absolute atomic E-state index is 13.1. The number of benzene rings is 4. The van der Waals surface area contributed by atoms with E-state index in [9.17, 15) is 4.79 Å². The Labute approximate surface area is 192 Å². The summed E-state index contributed by atoms with van der Waals surface area (Å²) in [7, 11) is -2.10. The molecular weight excluding hydrogens is 441 g/mol. The first-order valence-corrected chi connectivity index (χ1v) is 12.7. The highest BCUT2D eigenvalue weighted by Crippen LogP contribution is 2.57. The summed E-state index contributed by atoms with van der Waals surface area (Å²) in [6, 6.07) is 40.2. The first kappa shape index (κ1) is 21.5. The molecular formula is C26H22ClNOPS+. The SMILES string of the molecule is Cl.O=c1sc2ccccc2n1C[P+](c1ccccc1)(c1ccccc1)c1ccccc1. The Kier molecular flexibility index (Phi) is 6.38. The molecule has 0 amide bonds. The number of hydrogen-bond acceptors (Lipinski definition) is 2. The van der Waals surface area contributed by atoms with Crippen LogP contribution in [0.5, 0.6) is 0 Å². The van der Waals surface area contributed by atoms with Gasteiger partial charge < -0.3 is 0 Å². The van der Waals surface area contributed by atoms with Crippen LogP contribution in [0.15, 0.2) is 120 Å². The second-order valence-electron chi connectivity index (χ2n) is 7.22. The van der Waals surface area contributed by atoms with Crippen molar-refractivity contribution in [2.45, 2.75) is 6.29 Å². The predicted molar refractivity (Wildman–Crippen MR) is 138 cm³/mol. The van der Waals surface area contributed by atoms with Gasteiger partial charge in [0.15, 0.2) is 6.29 Å². The highest BCUT2D eigenvalue weighted by Gasteiger charge is 2.46. The molecule has 0 saturated carbocycles. The number of halogens is 1. The van der Waals surface area contributed by atoms with E-state index in [-0.39, 0.29) is 17.3 Å². The van der Waals surface area contributed by atoms with Crippen molar-refractivity contribution in [2.24, 2.45) is 0 Å². The largest absolute Gasteiger partial charge is 0.311 e. The number of aromatic nitrogens is 1. The Balaban J connectivity index is 0.00000231. The fourth-order valence-corrected chi connectivity index (χ4v) is 9.22. The van der Waals surface area contributed by atoms with Gasteiger partial charge in [-0.15, -0.1) is 12.4 Å². The van der Waals surface area contributed by atoms with Crippen LogP contribution in [0.1, 0.15) is 0 Å². The minimum absolute atomic E-state index is 0. The molecule has 0 spiro atoms. The molecule has 0 aliphatic heterocycles. The van der Waals surface area contributed by atoms with Crippen molar-refractivity contribution in [2.75, 3.05) is 0 Å². The lowest BCUT2D eigenvalue weighted by Gasteiger charge is -2.27. The van der Waals surface area contributed by atoms with Crippen LogP contribution in [0.3, 0.4) is 0 Å². The van der Waals surface area contributed by atoms with Crippen LogP contribution in [0.4, 0.5) is 0 Å². The van der Waals surface area contributed by atoms with Crippen LogP contribution in [0.25, 0.3) is 10.2 Å². The number of para-hydroxylation sites is 1. The van der Waals surface area contributed by atoms with Crippen LogP contribution in [0, 0.1) is 0 Å². The van der Waals surface area contributed by atoms with Gasteiger partial charge >= 0.3 is 4.87 Å². The first-order valence-electron chi connectivity index (χ1n) is 9.92. The highest BCUT2D eigenvalue weighted by molar-refractivity contribution is 7.94. The summed E-state index contributed by atoms with van der Waals surface area (Å²) < 4.78 is 3.02. The van der Waals surface area contributed by atoms with Gasteiger partial charge in [-0.3, -0.25) is 9.36 Å². The third-order valence-electron chi connectivity index (χ3n) is 5.52. The fourth-order valence-electron chi connectivity index (χ4n) is 4.10. The van der Waals surface area contributed by atoms with E-state index in [2.05, 4.69) is 97.1 Å². The Morgan fingerprint density at radius 2 is 1.03 bits per heavy atom. The molecule has 2 nitrogen and oxygen atoms in total. The lowest BCUT2D eigenvalue weighted by molar-refractivity contribution is 0.903. The van der Waals surface area contributed by atoms with Crippen molar-refractivity contribution in [1.82, 2.24) is 4.57 Å². The van der Waals surface area contributed by atoms with Crippen molar-refractivity contribution in [3.8, 4) is 0 Å². The van der Waals surface area contributed by atoms with E-state index in [0.29, 0.717) is 6.29 Å². The van der Waals surface area contributed by atoms with Crippen LogP contribution in [-0.4, -0.2) is 4.57 Å². The second-order valence-corrected chi connectivity index (χ2v) is 11.7. The van der Waals surface area contributed by atoms with E-state index >= 15 is 0 Å². The summed E-state index contributed by atoms with van der Waals surface area (Å²) in [6.45, 7) is 0. The number of fused-ring (bicyclic) bond motifs is 1. The zero-order chi connectivity index (χ0) is 20.4. The number of thiazole rings is 1. The summed E-state index contributed by atoms with van der Waals surface area (Å²) in [5, 5.41) is 3.85. The smallest absolute Gasteiger partial charge is 0.264 e. The summed E-state index contributed by atoms with van der Waals surface area (Å²) in [5.74, 6) is 0. The second kappa shape index (κ2) is 9.20. The third kappa shape index (κ3) is 3.85. The van der Waals surface area contributed by atoms with Gasteiger partial charge in [0, 0.05) is 0 Å². The normalized spacial score (nSPS) is 11.2. The summed E-state index contributed by atoms with van der Waals surface area (Å²) in [5.41, 5.74) is 1.01. The molecule has 5 rings (SSSR count). The van der Waals surface area contributed by atoms with Crippen molar-refractivity contribution in [3.63, 3.8) is 0 Å². The Hall–Kier alpha value is -2.71. The highest BCUT2D eigenvalue weighted by atomic mass is 35.5. The Bertz CT molecular complexity index is 1240. The van der Waals surface area contributed by atoms with E-state index in [1.54, 1.807) is 0 Å². The van der Waals surface area contributed by atoms with E-state index in [4.69, 9.17) is 0 Å². The van der Waals surface area contributed by atoms with Gasteiger partial charge in [0.25, 0.3) is 0 Å². The van der Waals surface area contributed by atoms with Crippen LogP contribution in [0.2, 0.25) is 0 Å². The monoisotopic (exact) mass is 462 g/mol. The number of hydrogen-bond donors (Lipinski definition) is 0. The van der Waals surface area contributed by atoms with E-state index in [1.807, 2.05) is 22.8 Å². The number of rotatable bonds is 5. The molecule has 0 radical (unpaired) electrons. The predicted octanol–water partition coefficient (Wildman–Crippen LogP) is 5.44. The molecule has 0 atom stereocenters. The molecule has 0 unspecified atom stereocenters. The summed E-state index contributed by atoms with van der Waals surface area (Å²) in [4.78, 5) is 13.2. The van der Waals surface area contributed by atoms with Crippen LogP contribution in [-0.2, 0) is 6.29 Å². The zero-order valence-electron chi connectivity index (χ0n) is 16.8. The van der Waals surface area contributed by atoms with Gasteiger partial charge in [0.05, 0.1) is 10.2 Å². The van der Waals surface area contributed by atoms with Gasteiger partial charge in [-0.1, -0.05) is 78.1 Å². The lowest BCUT2D eigenvalue weighted by atomic mass is 10.3. The molecule has 154 valence electrons. The average molecular weight is 463 g/mol. The molecule has 4 aromatic carbocycles. The van der Waals surface area contributed by atoms with Crippen molar-refractivity contribution >= 4 is 57.1 Å². The van der Waals surface area contributed by atoms with Crippen LogP contribution < -0.4 is 20.8 Å². The molecule has 0 aliphatic rings. The van der Waals surface area contributed by atoms with E-state index in [1.165, 1.54) is 27.3 Å². The summed E-state index contributed by atoms with van der Waals surface area (Å²) in [6.07, 6.45) is 0.647. The molecule has 0 fully saturated rings. The molecule has 1 heterocycles. The minimum Gasteiger partial charge on any atom is -0.264 e. The number of nitrogens with zero attached hydrogens (tertiary/aromatic N) is 1. The maximum atomic E-state index is 13.1. The van der Waals surface area contributed by atoms with Crippen LogP contribution >= 0.6 is 31.0 Å². The zero-order valence-corrected chi connectivity index (χ0v) is 19.3. The first-order chi connectivity index (χ1) is 14.8. The van der Waals surface area contributed by atoms with Gasteiger partial charge in [-0.2, -0.15) is 0 Å². The average Bonchev–Trinajstić information content (AvgIpc) is 3.14. The van der Waals surface area contributed by atoms with Gasteiger partial charge in [-0.25, -0.2) is 0 Å². The van der Waals surface area contributed by atoms with E-state index < -0.39 is 7.26 Å². The molecule has 31 heavy (non-hydrogen) atoms. The molecule has 0 aliphatic carbocycles. The van der Waals surface area contributed by atoms with Crippen molar-refractivity contribution in [1.29, 1.82) is 0 Å². The molecule has 0 N–H and O–H groups in total. The fraction of sp³-hybridized carbons (Fsp3) is 0.0385. The van der Waals surface area contributed by atoms with Gasteiger partial charge in [0.2, 0.25) is 0 Å². The van der Waals surface area contributed by atoms with Gasteiger partial charge in [0.1, 0.15) is 23.2 Å². The van der Waals surface area contributed by atoms with Crippen molar-refractivity contribution < 1.29 is 0 Å². The molecule has 0 bridgehead atoms. The molecule has 0 saturated heterocycles. The molecule has 1 aromatic heterocycles. The maximum Gasteiger partial charge on any atom is 0.311 e. The van der Waals surface area contributed by atoms with Gasteiger partial charge in [-0.05, 0) is 48.5 Å². The standard InChI is InChI=1S/C26H21NOPS.ClH/c28-26-27(24-18-10-11-19-25(24)30-26)20-29(21-12-4-1-5-13-21,22-14-6-2-7-15-22)23-16-8-3-9-17-23;/h1-19H,20H2;1H/q+1;. The molecule has 5 heteroatoms. The minimum atomic E-state index is -2.10. The Morgan fingerprint density at radius 3 is 1.52 bits per heavy atom. The third-order valence-corrected chi connectivity index (χ3v) is 10.7. The Morgan fingerprint density at radius 1 is 0.613 bits per heavy atom. The summed E-state index contributed by atoms with van der Waals surface area (Å²) >= 11 is 1.33. The quantitative estimate of drug-likeness (QED) is 0.319. The molecule has 5 aromatic rings.